The molecule has 1 N–H and O–H groups in total. The summed E-state index contributed by atoms with van der Waals surface area (Å²) in [6.07, 6.45) is 0. The Hall–Kier alpha value is -2.26. The molecule has 7 heteroatoms. The maximum Gasteiger partial charge on any atom is 0.231 e. The number of fused-ring (bicyclic) bond motifs is 3. The van der Waals surface area contributed by atoms with Gasteiger partial charge in [0.25, 0.3) is 0 Å². The van der Waals surface area contributed by atoms with Crippen LogP contribution in [0.1, 0.15) is 5.56 Å². The number of thiocarbonyl (C=S) groups is 1. The maximum atomic E-state index is 5.65. The zero-order valence-corrected chi connectivity index (χ0v) is 17.1. The van der Waals surface area contributed by atoms with Crippen LogP contribution >= 0.6 is 34.8 Å². The molecule has 136 valence electrons. The van der Waals surface area contributed by atoms with E-state index in [-0.39, 0.29) is 13.6 Å². The van der Waals surface area contributed by atoms with Crippen molar-refractivity contribution in [3.05, 3.63) is 42.0 Å². The number of rotatable bonds is 4. The van der Waals surface area contributed by atoms with Gasteiger partial charge in [-0.1, -0.05) is 46.9 Å². The zero-order valence-electron chi connectivity index (χ0n) is 14.1. The Morgan fingerprint density at radius 2 is 1.67 bits per heavy atom. The Morgan fingerprint density at radius 1 is 0.926 bits per heavy atom. The highest BCUT2D eigenvalue weighted by atomic mass is 127. The summed E-state index contributed by atoms with van der Waals surface area (Å²) in [7, 11) is 0. The summed E-state index contributed by atoms with van der Waals surface area (Å²) in [6.45, 7) is 0.472. The van der Waals surface area contributed by atoms with E-state index in [2.05, 4.69) is 40.0 Å². The van der Waals surface area contributed by atoms with E-state index in [0.29, 0.717) is 5.75 Å². The number of anilines is 1. The first-order valence-electron chi connectivity index (χ1n) is 8.34. The molecule has 0 radical (unpaired) electrons. The molecule has 0 aliphatic carbocycles. The molecular weight excluding hydrogens is 477 g/mol. The van der Waals surface area contributed by atoms with Crippen molar-refractivity contribution in [1.82, 2.24) is 0 Å². The Morgan fingerprint density at radius 3 is 2.48 bits per heavy atom. The highest BCUT2D eigenvalue weighted by molar-refractivity contribution is 14.1. The van der Waals surface area contributed by atoms with Crippen LogP contribution in [-0.2, 0) is 0 Å². The fourth-order valence-electron chi connectivity index (χ4n) is 3.54. The van der Waals surface area contributed by atoms with Crippen LogP contribution in [-0.4, -0.2) is 23.5 Å². The lowest BCUT2D eigenvalue weighted by atomic mass is 9.94. The standard InChI is InChI=1S/C20H14INO4S/c21-8-22-19-13(12-3-4-16-20(15(12)7-27)26-10-23-16)2-1-11-5-17-18(6-14(11)19)25-9-24-17/h1-7,22H,8-10H2. The first-order valence-corrected chi connectivity index (χ1v) is 10.3. The second kappa shape index (κ2) is 6.72. The molecule has 27 heavy (non-hydrogen) atoms. The third-order valence-electron chi connectivity index (χ3n) is 4.74. The minimum atomic E-state index is 0.217. The molecule has 0 saturated heterocycles. The molecule has 0 atom stereocenters. The van der Waals surface area contributed by atoms with Crippen molar-refractivity contribution >= 4 is 56.6 Å². The average Bonchev–Trinajstić information content (AvgIpc) is 3.34. The van der Waals surface area contributed by atoms with E-state index < -0.39 is 0 Å². The van der Waals surface area contributed by atoms with Gasteiger partial charge in [-0.2, -0.15) is 0 Å². The third-order valence-corrected chi connectivity index (χ3v) is 5.36. The van der Waals surface area contributed by atoms with Crippen LogP contribution in [0.4, 0.5) is 5.69 Å². The average molecular weight is 491 g/mol. The molecule has 3 aromatic rings. The molecule has 2 aliphatic heterocycles. The van der Waals surface area contributed by atoms with Gasteiger partial charge in [0.2, 0.25) is 13.6 Å². The fraction of sp³-hybridized carbons (Fsp3) is 0.150. The Bertz CT molecular complexity index is 1090. The van der Waals surface area contributed by atoms with Crippen molar-refractivity contribution in [3.63, 3.8) is 0 Å². The number of ether oxygens (including phenoxy) is 4. The van der Waals surface area contributed by atoms with E-state index in [0.717, 1.165) is 55.0 Å². The van der Waals surface area contributed by atoms with E-state index in [1.165, 1.54) is 0 Å². The highest BCUT2D eigenvalue weighted by Crippen LogP contribution is 2.46. The number of hydrogen-bond donors (Lipinski definition) is 1. The topological polar surface area (TPSA) is 49.0 Å². The van der Waals surface area contributed by atoms with E-state index >= 15 is 0 Å². The van der Waals surface area contributed by atoms with Crippen molar-refractivity contribution in [3.8, 4) is 34.1 Å². The molecule has 0 fully saturated rings. The molecule has 5 rings (SSSR count). The quantitative estimate of drug-likeness (QED) is 0.237. The van der Waals surface area contributed by atoms with Crippen molar-refractivity contribution in [2.24, 2.45) is 0 Å². The molecule has 0 saturated carbocycles. The number of nitrogens with one attached hydrogen (secondary N) is 1. The van der Waals surface area contributed by atoms with E-state index in [9.17, 15) is 0 Å². The summed E-state index contributed by atoms with van der Waals surface area (Å²) in [5, 5.41) is 7.31. The van der Waals surface area contributed by atoms with Crippen molar-refractivity contribution in [1.29, 1.82) is 0 Å². The monoisotopic (exact) mass is 491 g/mol. The van der Waals surface area contributed by atoms with Gasteiger partial charge in [-0.25, -0.2) is 0 Å². The largest absolute Gasteiger partial charge is 0.454 e. The summed E-state index contributed by atoms with van der Waals surface area (Å²) >= 11 is 7.60. The number of benzene rings is 3. The van der Waals surface area contributed by atoms with Gasteiger partial charge in [0.15, 0.2) is 23.0 Å². The highest BCUT2D eigenvalue weighted by Gasteiger charge is 2.23. The molecule has 5 nitrogen and oxygen atoms in total. The van der Waals surface area contributed by atoms with Gasteiger partial charge in [-0.3, -0.25) is 0 Å². The first-order chi connectivity index (χ1) is 13.3. The fourth-order valence-corrected chi connectivity index (χ4v) is 4.16. The first kappa shape index (κ1) is 16.9. The molecular formula is C20H14INO4S. The normalized spacial score (nSPS) is 13.8. The van der Waals surface area contributed by atoms with Crippen LogP contribution in [0.2, 0.25) is 0 Å². The van der Waals surface area contributed by atoms with Crippen LogP contribution < -0.4 is 24.3 Å². The lowest BCUT2D eigenvalue weighted by Gasteiger charge is -2.17. The smallest absolute Gasteiger partial charge is 0.231 e. The molecule has 0 spiro atoms. The third kappa shape index (κ3) is 2.68. The van der Waals surface area contributed by atoms with Crippen LogP contribution in [0.15, 0.2) is 36.4 Å². The summed E-state index contributed by atoms with van der Waals surface area (Å²) in [5.74, 6) is 2.96. The van der Waals surface area contributed by atoms with Crippen LogP contribution in [0.3, 0.4) is 0 Å². The minimum Gasteiger partial charge on any atom is -0.454 e. The van der Waals surface area contributed by atoms with Gasteiger partial charge in [0.1, 0.15) is 0 Å². The molecule has 3 aromatic carbocycles. The maximum absolute atomic E-state index is 5.65. The lowest BCUT2D eigenvalue weighted by molar-refractivity contribution is 0.173. The zero-order chi connectivity index (χ0) is 18.4. The molecule has 2 aliphatic rings. The molecule has 2 heterocycles. The van der Waals surface area contributed by atoms with E-state index in [1.807, 2.05) is 24.3 Å². The summed E-state index contributed by atoms with van der Waals surface area (Å²) in [5.41, 5.74) is 3.93. The molecule has 0 aromatic heterocycles. The summed E-state index contributed by atoms with van der Waals surface area (Å²) in [6, 6.07) is 12.2. The summed E-state index contributed by atoms with van der Waals surface area (Å²) in [4.78, 5) is 0. The van der Waals surface area contributed by atoms with Gasteiger partial charge in [-0.15, -0.1) is 0 Å². The van der Waals surface area contributed by atoms with E-state index in [1.54, 1.807) is 5.37 Å². The Labute approximate surface area is 174 Å². The van der Waals surface area contributed by atoms with Crippen molar-refractivity contribution < 1.29 is 18.9 Å². The van der Waals surface area contributed by atoms with Crippen LogP contribution in [0, 0.1) is 0 Å². The second-order valence-electron chi connectivity index (χ2n) is 6.10. The van der Waals surface area contributed by atoms with E-state index in [4.69, 9.17) is 31.2 Å². The number of hydrogen-bond acceptors (Lipinski definition) is 6. The molecule has 0 bridgehead atoms. The molecule has 0 amide bonds. The van der Waals surface area contributed by atoms with Crippen molar-refractivity contribution in [2.75, 3.05) is 23.5 Å². The lowest BCUT2D eigenvalue weighted by Crippen LogP contribution is -2.00. The van der Waals surface area contributed by atoms with Crippen molar-refractivity contribution in [2.45, 2.75) is 0 Å². The van der Waals surface area contributed by atoms with Crippen LogP contribution in [0.5, 0.6) is 23.0 Å². The number of halogens is 1. The Kier molecular flexibility index (Phi) is 4.20. The SMILES string of the molecule is S=Cc1c(-c2ccc3cc4c(cc3c2NCI)OCO4)ccc2c1OCO2. The second-order valence-corrected chi connectivity index (χ2v) is 7.10. The number of alkyl halides is 1. The minimum absolute atomic E-state index is 0.217. The van der Waals surface area contributed by atoms with Gasteiger partial charge < -0.3 is 24.3 Å². The predicted molar refractivity (Wildman–Crippen MR) is 117 cm³/mol. The van der Waals surface area contributed by atoms with Gasteiger partial charge in [0, 0.05) is 21.9 Å². The van der Waals surface area contributed by atoms with Crippen LogP contribution in [0.25, 0.3) is 21.9 Å². The van der Waals surface area contributed by atoms with Gasteiger partial charge in [-0.05, 0) is 35.2 Å². The summed E-state index contributed by atoms with van der Waals surface area (Å²) < 4.78 is 23.0. The molecule has 0 unspecified atom stereocenters. The van der Waals surface area contributed by atoms with Gasteiger partial charge in [0.05, 0.1) is 10.2 Å². The Balaban J connectivity index is 1.78. The van der Waals surface area contributed by atoms with Gasteiger partial charge >= 0.3 is 0 Å². The predicted octanol–water partition coefficient (Wildman–Crippen LogP) is 5.12.